The van der Waals surface area contributed by atoms with Crippen LogP contribution < -0.4 is 5.32 Å². The molecule has 7 nitrogen and oxygen atoms in total. The normalized spacial score (nSPS) is 17.7. The molecule has 1 atom stereocenters. The summed E-state index contributed by atoms with van der Waals surface area (Å²) >= 11 is 0. The summed E-state index contributed by atoms with van der Waals surface area (Å²) in [6, 6.07) is 7.72. The van der Waals surface area contributed by atoms with E-state index < -0.39 is 0 Å². The fourth-order valence-electron chi connectivity index (χ4n) is 2.56. The van der Waals surface area contributed by atoms with Crippen LogP contribution in [0.3, 0.4) is 0 Å². The summed E-state index contributed by atoms with van der Waals surface area (Å²) in [4.78, 5) is 17.7. The van der Waals surface area contributed by atoms with Crippen LogP contribution in [-0.2, 0) is 6.54 Å². The lowest BCUT2D eigenvalue weighted by Gasteiger charge is -2.17. The SMILES string of the molecule is O=C(NCc1ccc(-n2cncn2)cc1)N1CCC(CO)C1. The third kappa shape index (κ3) is 3.25. The van der Waals surface area contributed by atoms with Gasteiger partial charge in [0.05, 0.1) is 5.69 Å². The molecule has 1 aromatic heterocycles. The number of rotatable bonds is 4. The van der Waals surface area contributed by atoms with Crippen LogP contribution in [-0.4, -0.2) is 50.5 Å². The number of carbonyl (C=O) groups is 1. The van der Waals surface area contributed by atoms with Crippen molar-refractivity contribution in [3.8, 4) is 5.69 Å². The molecular formula is C15H19N5O2. The molecule has 0 bridgehead atoms. The number of urea groups is 1. The zero-order valence-corrected chi connectivity index (χ0v) is 12.2. The van der Waals surface area contributed by atoms with Crippen LogP contribution in [0.25, 0.3) is 5.69 Å². The van der Waals surface area contributed by atoms with E-state index in [1.165, 1.54) is 6.33 Å². The van der Waals surface area contributed by atoms with Crippen LogP contribution in [0.2, 0.25) is 0 Å². The third-order valence-electron chi connectivity index (χ3n) is 3.89. The van der Waals surface area contributed by atoms with Crippen LogP contribution in [0.1, 0.15) is 12.0 Å². The van der Waals surface area contributed by atoms with E-state index in [4.69, 9.17) is 5.11 Å². The van der Waals surface area contributed by atoms with Gasteiger partial charge in [-0.15, -0.1) is 0 Å². The van der Waals surface area contributed by atoms with Gasteiger partial charge in [-0.3, -0.25) is 0 Å². The van der Waals surface area contributed by atoms with Crippen molar-refractivity contribution < 1.29 is 9.90 Å². The number of aliphatic hydroxyl groups is 1. The second-order valence-electron chi connectivity index (χ2n) is 5.45. The number of aromatic nitrogens is 3. The first kappa shape index (κ1) is 14.5. The molecule has 0 spiro atoms. The van der Waals surface area contributed by atoms with E-state index in [1.54, 1.807) is 15.9 Å². The molecule has 2 amide bonds. The molecular weight excluding hydrogens is 282 g/mol. The highest BCUT2D eigenvalue weighted by Crippen LogP contribution is 2.15. The van der Waals surface area contributed by atoms with E-state index in [9.17, 15) is 4.79 Å². The smallest absolute Gasteiger partial charge is 0.317 e. The zero-order chi connectivity index (χ0) is 15.4. The van der Waals surface area contributed by atoms with Gasteiger partial charge in [-0.05, 0) is 24.1 Å². The Morgan fingerprint density at radius 2 is 2.18 bits per heavy atom. The van der Waals surface area contributed by atoms with Gasteiger partial charge >= 0.3 is 6.03 Å². The molecule has 1 fully saturated rings. The Hall–Kier alpha value is -2.41. The van der Waals surface area contributed by atoms with E-state index in [1.807, 2.05) is 24.3 Å². The highest BCUT2D eigenvalue weighted by molar-refractivity contribution is 5.74. The van der Waals surface area contributed by atoms with Gasteiger partial charge in [0.1, 0.15) is 12.7 Å². The van der Waals surface area contributed by atoms with E-state index in [-0.39, 0.29) is 18.6 Å². The van der Waals surface area contributed by atoms with Crippen LogP contribution in [0.15, 0.2) is 36.9 Å². The lowest BCUT2D eigenvalue weighted by atomic mass is 10.1. The van der Waals surface area contributed by atoms with Gasteiger partial charge in [0.25, 0.3) is 0 Å². The number of nitrogens with zero attached hydrogens (tertiary/aromatic N) is 4. The minimum absolute atomic E-state index is 0.0729. The first-order chi connectivity index (χ1) is 10.8. The summed E-state index contributed by atoms with van der Waals surface area (Å²) < 4.78 is 1.68. The number of aliphatic hydroxyl groups excluding tert-OH is 1. The standard InChI is InChI=1S/C15H19N5O2/c21-9-13-5-6-19(8-13)15(22)17-7-12-1-3-14(4-2-12)20-11-16-10-18-20/h1-4,10-11,13,21H,5-9H2,(H,17,22). The summed E-state index contributed by atoms with van der Waals surface area (Å²) in [6.07, 6.45) is 4.00. The van der Waals surface area contributed by atoms with Crippen molar-refractivity contribution >= 4 is 6.03 Å². The van der Waals surface area contributed by atoms with Crippen LogP contribution in [0.4, 0.5) is 4.79 Å². The Bertz CT molecular complexity index is 611. The molecule has 3 rings (SSSR count). The molecule has 2 aromatic rings. The fourth-order valence-corrected chi connectivity index (χ4v) is 2.56. The van der Waals surface area contributed by atoms with Crippen molar-refractivity contribution in [2.24, 2.45) is 5.92 Å². The molecule has 2 heterocycles. The molecule has 0 aliphatic carbocycles. The lowest BCUT2D eigenvalue weighted by Crippen LogP contribution is -2.38. The quantitative estimate of drug-likeness (QED) is 0.874. The number of hydrogen-bond acceptors (Lipinski definition) is 4. The average Bonchev–Trinajstić information content (AvgIpc) is 3.24. The monoisotopic (exact) mass is 301 g/mol. The van der Waals surface area contributed by atoms with Gasteiger partial charge < -0.3 is 15.3 Å². The number of carbonyl (C=O) groups excluding carboxylic acids is 1. The van der Waals surface area contributed by atoms with Crippen LogP contribution in [0.5, 0.6) is 0 Å². The maximum absolute atomic E-state index is 12.0. The second kappa shape index (κ2) is 6.57. The Kier molecular flexibility index (Phi) is 4.34. The van der Waals surface area contributed by atoms with E-state index in [0.717, 1.165) is 17.7 Å². The van der Waals surface area contributed by atoms with Gasteiger partial charge in [0.15, 0.2) is 0 Å². The minimum atomic E-state index is -0.0729. The summed E-state index contributed by atoms with van der Waals surface area (Å²) in [7, 11) is 0. The summed E-state index contributed by atoms with van der Waals surface area (Å²) in [5.74, 6) is 0.215. The predicted molar refractivity (Wildman–Crippen MR) is 80.4 cm³/mol. The number of nitrogens with one attached hydrogen (secondary N) is 1. The molecule has 1 saturated heterocycles. The van der Waals surface area contributed by atoms with Crippen LogP contribution >= 0.6 is 0 Å². The topological polar surface area (TPSA) is 83.3 Å². The molecule has 7 heteroatoms. The van der Waals surface area contributed by atoms with Gasteiger partial charge in [0, 0.05) is 32.2 Å². The highest BCUT2D eigenvalue weighted by atomic mass is 16.3. The first-order valence-corrected chi connectivity index (χ1v) is 7.34. The molecule has 22 heavy (non-hydrogen) atoms. The Balaban J connectivity index is 1.52. The minimum Gasteiger partial charge on any atom is -0.396 e. The maximum Gasteiger partial charge on any atom is 0.317 e. The Morgan fingerprint density at radius 3 is 2.82 bits per heavy atom. The molecule has 2 N–H and O–H groups in total. The van der Waals surface area contributed by atoms with Crippen molar-refractivity contribution in [2.45, 2.75) is 13.0 Å². The number of amides is 2. The van der Waals surface area contributed by atoms with Crippen molar-refractivity contribution in [3.63, 3.8) is 0 Å². The van der Waals surface area contributed by atoms with Crippen molar-refractivity contribution in [1.29, 1.82) is 0 Å². The summed E-state index contributed by atoms with van der Waals surface area (Å²) in [5.41, 5.74) is 1.95. The second-order valence-corrected chi connectivity index (χ2v) is 5.45. The average molecular weight is 301 g/mol. The Morgan fingerprint density at radius 1 is 1.36 bits per heavy atom. The summed E-state index contributed by atoms with van der Waals surface area (Å²) in [6.45, 7) is 1.97. The van der Waals surface area contributed by atoms with Gasteiger partial charge in [0.2, 0.25) is 0 Å². The van der Waals surface area contributed by atoms with Gasteiger partial charge in [-0.2, -0.15) is 5.10 Å². The molecule has 0 radical (unpaired) electrons. The van der Waals surface area contributed by atoms with E-state index >= 15 is 0 Å². The largest absolute Gasteiger partial charge is 0.396 e. The number of likely N-dealkylation sites (tertiary alicyclic amines) is 1. The molecule has 0 saturated carbocycles. The van der Waals surface area contributed by atoms with Crippen molar-refractivity contribution in [3.05, 3.63) is 42.5 Å². The predicted octanol–water partition coefficient (Wildman–Crippen LogP) is 0.791. The molecule has 116 valence electrons. The maximum atomic E-state index is 12.0. The van der Waals surface area contributed by atoms with Gasteiger partial charge in [-0.1, -0.05) is 12.1 Å². The van der Waals surface area contributed by atoms with Crippen molar-refractivity contribution in [1.82, 2.24) is 25.0 Å². The number of hydrogen-bond donors (Lipinski definition) is 2. The molecule has 1 aliphatic rings. The highest BCUT2D eigenvalue weighted by Gasteiger charge is 2.25. The van der Waals surface area contributed by atoms with E-state index in [0.29, 0.717) is 19.6 Å². The fraction of sp³-hybridized carbons (Fsp3) is 0.400. The van der Waals surface area contributed by atoms with Gasteiger partial charge in [-0.25, -0.2) is 14.5 Å². The lowest BCUT2D eigenvalue weighted by molar-refractivity contribution is 0.198. The summed E-state index contributed by atoms with van der Waals surface area (Å²) in [5, 5.41) is 16.1. The Labute approximate surface area is 128 Å². The van der Waals surface area contributed by atoms with E-state index in [2.05, 4.69) is 15.4 Å². The third-order valence-corrected chi connectivity index (χ3v) is 3.89. The molecule has 1 unspecified atom stereocenters. The molecule has 1 aromatic carbocycles. The molecule has 1 aliphatic heterocycles. The zero-order valence-electron chi connectivity index (χ0n) is 12.2. The van der Waals surface area contributed by atoms with Crippen molar-refractivity contribution in [2.75, 3.05) is 19.7 Å². The first-order valence-electron chi connectivity index (χ1n) is 7.34. The van der Waals surface area contributed by atoms with Crippen LogP contribution in [0, 0.1) is 5.92 Å². The number of benzene rings is 1.